The minimum absolute atomic E-state index is 0.321. The highest BCUT2D eigenvalue weighted by molar-refractivity contribution is 5.43. The summed E-state index contributed by atoms with van der Waals surface area (Å²) in [7, 11) is 0. The molecule has 0 unspecified atom stereocenters. The minimum Gasteiger partial charge on any atom is -0.507 e. The van der Waals surface area contributed by atoms with Crippen molar-refractivity contribution in [2.24, 2.45) is 11.7 Å². The smallest absolute Gasteiger partial charge is 0.121 e. The summed E-state index contributed by atoms with van der Waals surface area (Å²) in [6.45, 7) is 3.72. The Hall–Kier alpha value is -1.06. The van der Waals surface area contributed by atoms with Crippen LogP contribution in [-0.4, -0.2) is 16.3 Å². The largest absolute Gasteiger partial charge is 0.507 e. The molecule has 0 aromatic heterocycles. The van der Waals surface area contributed by atoms with E-state index in [0.29, 0.717) is 11.7 Å². The molecular formula is C15H23NO2. The van der Waals surface area contributed by atoms with Gasteiger partial charge >= 0.3 is 0 Å². The number of aryl methyl sites for hydroxylation is 2. The second-order valence-corrected chi connectivity index (χ2v) is 5.56. The van der Waals surface area contributed by atoms with Gasteiger partial charge in [-0.3, -0.25) is 0 Å². The van der Waals surface area contributed by atoms with Crippen LogP contribution >= 0.6 is 0 Å². The van der Waals surface area contributed by atoms with Crippen molar-refractivity contribution in [3.8, 4) is 5.75 Å². The molecule has 2 atom stereocenters. The molecule has 0 radical (unpaired) electrons. The van der Waals surface area contributed by atoms with E-state index in [0.717, 1.165) is 29.5 Å². The molecule has 0 saturated heterocycles. The van der Waals surface area contributed by atoms with E-state index in [2.05, 4.69) is 0 Å². The molecule has 100 valence electrons. The number of phenols is 1. The molecule has 0 spiro atoms. The monoisotopic (exact) mass is 249 g/mol. The second-order valence-electron chi connectivity index (χ2n) is 5.56. The number of hydrogen-bond acceptors (Lipinski definition) is 3. The number of aromatic hydroxyl groups is 1. The lowest BCUT2D eigenvalue weighted by Crippen LogP contribution is -2.32. The van der Waals surface area contributed by atoms with Gasteiger partial charge in [-0.2, -0.15) is 0 Å². The van der Waals surface area contributed by atoms with Gasteiger partial charge in [0.1, 0.15) is 5.75 Å². The first kappa shape index (κ1) is 13.4. The van der Waals surface area contributed by atoms with E-state index in [1.807, 2.05) is 26.0 Å². The first-order valence-corrected chi connectivity index (χ1v) is 6.74. The quantitative estimate of drug-likeness (QED) is 0.771. The molecule has 1 saturated carbocycles. The van der Waals surface area contributed by atoms with Gasteiger partial charge < -0.3 is 15.9 Å². The van der Waals surface area contributed by atoms with Gasteiger partial charge in [-0.25, -0.2) is 0 Å². The van der Waals surface area contributed by atoms with Crippen LogP contribution in [0.5, 0.6) is 5.75 Å². The first-order chi connectivity index (χ1) is 8.50. The molecule has 2 rings (SSSR count). The highest BCUT2D eigenvalue weighted by atomic mass is 16.3. The molecule has 0 aliphatic heterocycles. The molecule has 4 N–H and O–H groups in total. The predicted octanol–water partition coefficient (Wildman–Crippen LogP) is 2.56. The summed E-state index contributed by atoms with van der Waals surface area (Å²) in [5, 5.41) is 20.1. The lowest BCUT2D eigenvalue weighted by Gasteiger charge is -2.25. The Morgan fingerprint density at radius 2 is 1.67 bits per heavy atom. The Labute approximate surface area is 109 Å². The molecule has 3 nitrogen and oxygen atoms in total. The highest BCUT2D eigenvalue weighted by Crippen LogP contribution is 2.34. The zero-order valence-corrected chi connectivity index (χ0v) is 11.2. The Morgan fingerprint density at radius 3 is 2.17 bits per heavy atom. The molecule has 0 amide bonds. The van der Waals surface area contributed by atoms with Crippen LogP contribution in [0.1, 0.15) is 48.4 Å². The fourth-order valence-corrected chi connectivity index (χ4v) is 2.97. The van der Waals surface area contributed by atoms with Crippen molar-refractivity contribution in [1.82, 2.24) is 0 Å². The van der Waals surface area contributed by atoms with Gasteiger partial charge in [0.2, 0.25) is 0 Å². The maximum absolute atomic E-state index is 10.3. The van der Waals surface area contributed by atoms with E-state index in [4.69, 9.17) is 5.73 Å². The van der Waals surface area contributed by atoms with E-state index in [-0.39, 0.29) is 6.04 Å². The van der Waals surface area contributed by atoms with Gasteiger partial charge in [0, 0.05) is 0 Å². The summed E-state index contributed by atoms with van der Waals surface area (Å²) in [6, 6.07) is 3.40. The Bertz CT molecular complexity index is 401. The Balaban J connectivity index is 2.19. The van der Waals surface area contributed by atoms with Crippen LogP contribution in [0.25, 0.3) is 0 Å². The topological polar surface area (TPSA) is 66.5 Å². The first-order valence-electron chi connectivity index (χ1n) is 6.74. The van der Waals surface area contributed by atoms with Crippen molar-refractivity contribution in [3.63, 3.8) is 0 Å². The van der Waals surface area contributed by atoms with Gasteiger partial charge in [-0.05, 0) is 49.3 Å². The average molecular weight is 249 g/mol. The van der Waals surface area contributed by atoms with Crippen LogP contribution in [0.4, 0.5) is 0 Å². The zero-order valence-electron chi connectivity index (χ0n) is 11.2. The van der Waals surface area contributed by atoms with E-state index in [1.54, 1.807) is 0 Å². The average Bonchev–Trinajstić information content (AvgIpc) is 2.87. The highest BCUT2D eigenvalue weighted by Gasteiger charge is 2.29. The third kappa shape index (κ3) is 2.52. The minimum atomic E-state index is -0.476. The van der Waals surface area contributed by atoms with E-state index >= 15 is 0 Å². The predicted molar refractivity (Wildman–Crippen MR) is 72.5 cm³/mol. The van der Waals surface area contributed by atoms with Crippen LogP contribution < -0.4 is 5.73 Å². The van der Waals surface area contributed by atoms with Crippen molar-refractivity contribution in [3.05, 3.63) is 28.8 Å². The van der Waals surface area contributed by atoms with Gasteiger partial charge in [-0.15, -0.1) is 0 Å². The second kappa shape index (κ2) is 5.29. The molecule has 0 bridgehead atoms. The standard InChI is InChI=1S/C15H23NO2/c1-9-7-12(8-10(2)14(9)17)13(16)15(18)11-5-3-4-6-11/h7-8,11,13,15,17-18H,3-6,16H2,1-2H3/t13-,15+/m1/s1. The van der Waals surface area contributed by atoms with Crippen LogP contribution in [-0.2, 0) is 0 Å². The summed E-state index contributed by atoms with van der Waals surface area (Å²) >= 11 is 0. The van der Waals surface area contributed by atoms with E-state index in [9.17, 15) is 10.2 Å². The van der Waals surface area contributed by atoms with Crippen molar-refractivity contribution >= 4 is 0 Å². The van der Waals surface area contributed by atoms with E-state index < -0.39 is 6.10 Å². The SMILES string of the molecule is Cc1cc([C@@H](N)[C@@H](O)C2CCCC2)cc(C)c1O. The third-order valence-corrected chi connectivity index (χ3v) is 4.15. The van der Waals surface area contributed by atoms with Crippen molar-refractivity contribution in [2.45, 2.75) is 51.7 Å². The molecule has 3 heteroatoms. The van der Waals surface area contributed by atoms with Crippen molar-refractivity contribution in [1.29, 1.82) is 0 Å². The maximum Gasteiger partial charge on any atom is 0.121 e. The normalized spacial score (nSPS) is 20.0. The lowest BCUT2D eigenvalue weighted by molar-refractivity contribution is 0.0844. The molecule has 1 aromatic rings. The summed E-state index contributed by atoms with van der Waals surface area (Å²) in [5.41, 5.74) is 8.73. The lowest BCUT2D eigenvalue weighted by atomic mass is 9.89. The molecular weight excluding hydrogens is 226 g/mol. The van der Waals surface area contributed by atoms with Crippen LogP contribution in [0.15, 0.2) is 12.1 Å². The molecule has 1 aliphatic rings. The van der Waals surface area contributed by atoms with Gasteiger partial charge in [0.25, 0.3) is 0 Å². The maximum atomic E-state index is 10.3. The summed E-state index contributed by atoms with van der Waals surface area (Å²) in [6.07, 6.45) is 4.07. The molecule has 18 heavy (non-hydrogen) atoms. The number of rotatable bonds is 3. The molecule has 1 fully saturated rings. The Kier molecular flexibility index (Phi) is 3.93. The number of aliphatic hydroxyl groups is 1. The van der Waals surface area contributed by atoms with Crippen molar-refractivity contribution < 1.29 is 10.2 Å². The van der Waals surface area contributed by atoms with Crippen LogP contribution in [0.2, 0.25) is 0 Å². The fourth-order valence-electron chi connectivity index (χ4n) is 2.97. The van der Waals surface area contributed by atoms with Crippen LogP contribution in [0.3, 0.4) is 0 Å². The fraction of sp³-hybridized carbons (Fsp3) is 0.600. The molecule has 1 aliphatic carbocycles. The van der Waals surface area contributed by atoms with Gasteiger partial charge in [0.15, 0.2) is 0 Å². The molecule has 1 aromatic carbocycles. The van der Waals surface area contributed by atoms with Gasteiger partial charge in [-0.1, -0.05) is 25.0 Å². The number of hydrogen-bond donors (Lipinski definition) is 3. The summed E-state index contributed by atoms with van der Waals surface area (Å²) in [4.78, 5) is 0. The van der Waals surface area contributed by atoms with Gasteiger partial charge in [0.05, 0.1) is 12.1 Å². The Morgan fingerprint density at radius 1 is 1.17 bits per heavy atom. The third-order valence-electron chi connectivity index (χ3n) is 4.15. The zero-order chi connectivity index (χ0) is 13.3. The molecule has 0 heterocycles. The van der Waals surface area contributed by atoms with Crippen LogP contribution in [0, 0.1) is 19.8 Å². The van der Waals surface area contributed by atoms with E-state index in [1.165, 1.54) is 12.8 Å². The number of benzene rings is 1. The summed E-state index contributed by atoms with van der Waals surface area (Å²) in [5.74, 6) is 0.649. The summed E-state index contributed by atoms with van der Waals surface area (Å²) < 4.78 is 0. The number of nitrogens with two attached hydrogens (primary N) is 1. The van der Waals surface area contributed by atoms with Crippen molar-refractivity contribution in [2.75, 3.05) is 0 Å². The number of aliphatic hydroxyl groups excluding tert-OH is 1. The number of phenolic OH excluding ortho intramolecular Hbond substituents is 1.